The summed E-state index contributed by atoms with van der Waals surface area (Å²) in [6, 6.07) is 15.2. The van der Waals surface area contributed by atoms with Crippen molar-refractivity contribution in [1.29, 1.82) is 0 Å². The Morgan fingerprint density at radius 2 is 1.89 bits per heavy atom. The highest BCUT2D eigenvalue weighted by molar-refractivity contribution is 5.94. The second-order valence-corrected chi connectivity index (χ2v) is 7.25. The van der Waals surface area contributed by atoms with Crippen molar-refractivity contribution in [3.63, 3.8) is 0 Å². The molecule has 6 nitrogen and oxygen atoms in total. The van der Waals surface area contributed by atoms with Crippen LogP contribution in [0, 0.1) is 5.92 Å². The van der Waals surface area contributed by atoms with Gasteiger partial charge < -0.3 is 15.0 Å². The molecule has 0 radical (unpaired) electrons. The van der Waals surface area contributed by atoms with E-state index in [0.29, 0.717) is 13.1 Å². The Balaban J connectivity index is 1.68. The van der Waals surface area contributed by atoms with E-state index in [2.05, 4.69) is 5.32 Å². The van der Waals surface area contributed by atoms with Crippen LogP contribution in [0.4, 0.5) is 16.2 Å². The van der Waals surface area contributed by atoms with Crippen molar-refractivity contribution in [1.82, 2.24) is 4.90 Å². The zero-order chi connectivity index (χ0) is 20.1. The molecule has 0 atom stereocenters. The van der Waals surface area contributed by atoms with Crippen molar-refractivity contribution in [3.05, 3.63) is 54.1 Å². The van der Waals surface area contributed by atoms with Gasteiger partial charge in [-0.25, -0.2) is 4.79 Å². The first-order valence-electron chi connectivity index (χ1n) is 9.58. The molecule has 1 heterocycles. The number of anilines is 2. The van der Waals surface area contributed by atoms with E-state index >= 15 is 0 Å². The minimum atomic E-state index is -0.0754. The molecule has 0 aromatic heterocycles. The Bertz CT molecular complexity index is 833. The number of ether oxygens (including phenoxy) is 1. The minimum absolute atomic E-state index is 0.00645. The number of urea groups is 1. The molecule has 28 heavy (non-hydrogen) atoms. The summed E-state index contributed by atoms with van der Waals surface area (Å²) in [5, 5.41) is 2.87. The van der Waals surface area contributed by atoms with E-state index in [9.17, 15) is 9.59 Å². The number of carbonyl (C=O) groups excluding carboxylic acids is 2. The summed E-state index contributed by atoms with van der Waals surface area (Å²) in [6.07, 6.45) is 0.904. The lowest BCUT2D eigenvalue weighted by atomic mass is 10.1. The molecule has 1 saturated heterocycles. The van der Waals surface area contributed by atoms with E-state index < -0.39 is 0 Å². The van der Waals surface area contributed by atoms with Crippen molar-refractivity contribution in [2.45, 2.75) is 26.8 Å². The van der Waals surface area contributed by atoms with Crippen LogP contribution in [0.5, 0.6) is 5.75 Å². The molecule has 0 aliphatic carbocycles. The van der Waals surface area contributed by atoms with Crippen molar-refractivity contribution in [2.75, 3.05) is 30.4 Å². The van der Waals surface area contributed by atoms with Crippen LogP contribution in [0.2, 0.25) is 0 Å². The van der Waals surface area contributed by atoms with Crippen LogP contribution in [0.15, 0.2) is 48.5 Å². The lowest BCUT2D eigenvalue weighted by molar-refractivity contribution is -0.118. The number of methoxy groups -OCH3 is 1. The van der Waals surface area contributed by atoms with Gasteiger partial charge in [0.25, 0.3) is 0 Å². The van der Waals surface area contributed by atoms with Crippen LogP contribution in [0.25, 0.3) is 0 Å². The maximum absolute atomic E-state index is 13.0. The third-order valence-electron chi connectivity index (χ3n) is 4.79. The normalized spacial score (nSPS) is 14.4. The number of benzene rings is 2. The standard InChI is InChI=1S/C22H27N3O3/c1-16(2)21(26)23-18-8-10-19(11-9-18)25-13-5-12-24(22(25)27)15-17-6-4-7-20(14-17)28-3/h4,6-11,14,16H,5,12-13,15H2,1-3H3,(H,23,26). The number of hydrogen-bond donors (Lipinski definition) is 1. The van der Waals surface area contributed by atoms with Gasteiger partial charge in [0.1, 0.15) is 5.75 Å². The first-order chi connectivity index (χ1) is 13.5. The second-order valence-electron chi connectivity index (χ2n) is 7.25. The first-order valence-corrected chi connectivity index (χ1v) is 9.58. The van der Waals surface area contributed by atoms with E-state index in [1.165, 1.54) is 0 Å². The summed E-state index contributed by atoms with van der Waals surface area (Å²) < 4.78 is 5.27. The van der Waals surface area contributed by atoms with Gasteiger partial charge in [-0.15, -0.1) is 0 Å². The SMILES string of the molecule is COc1cccc(CN2CCCN(c3ccc(NC(=O)C(C)C)cc3)C2=O)c1. The molecule has 2 aromatic carbocycles. The van der Waals surface area contributed by atoms with E-state index in [0.717, 1.165) is 35.7 Å². The molecule has 0 spiro atoms. The van der Waals surface area contributed by atoms with Gasteiger partial charge in [0.15, 0.2) is 0 Å². The molecular weight excluding hydrogens is 354 g/mol. The fourth-order valence-corrected chi connectivity index (χ4v) is 3.17. The summed E-state index contributed by atoms with van der Waals surface area (Å²) in [6.45, 7) is 5.68. The Hall–Kier alpha value is -3.02. The summed E-state index contributed by atoms with van der Waals surface area (Å²) in [4.78, 5) is 28.5. The molecule has 2 aromatic rings. The van der Waals surface area contributed by atoms with Gasteiger partial charge in [0.2, 0.25) is 5.91 Å². The summed E-state index contributed by atoms with van der Waals surface area (Å²) >= 11 is 0. The molecular formula is C22H27N3O3. The molecule has 6 heteroatoms. The van der Waals surface area contributed by atoms with Crippen molar-refractivity contribution >= 4 is 23.3 Å². The number of hydrogen-bond acceptors (Lipinski definition) is 3. The van der Waals surface area contributed by atoms with Gasteiger partial charge in [0.05, 0.1) is 7.11 Å². The predicted molar refractivity (Wildman–Crippen MR) is 111 cm³/mol. The topological polar surface area (TPSA) is 61.9 Å². The van der Waals surface area contributed by atoms with E-state index in [1.54, 1.807) is 12.0 Å². The van der Waals surface area contributed by atoms with Gasteiger partial charge in [-0.05, 0) is 48.4 Å². The lowest BCUT2D eigenvalue weighted by Crippen LogP contribution is -2.49. The second kappa shape index (κ2) is 8.78. The van der Waals surface area contributed by atoms with Gasteiger partial charge in [-0.3, -0.25) is 9.69 Å². The smallest absolute Gasteiger partial charge is 0.324 e. The molecule has 148 valence electrons. The fraction of sp³-hybridized carbons (Fsp3) is 0.364. The molecule has 1 fully saturated rings. The highest BCUT2D eigenvalue weighted by Crippen LogP contribution is 2.24. The van der Waals surface area contributed by atoms with Crippen molar-refractivity contribution in [3.8, 4) is 5.75 Å². The maximum Gasteiger partial charge on any atom is 0.324 e. The molecule has 3 rings (SSSR count). The van der Waals surface area contributed by atoms with E-state index in [-0.39, 0.29) is 17.9 Å². The number of carbonyl (C=O) groups is 2. The molecule has 3 amide bonds. The fourth-order valence-electron chi connectivity index (χ4n) is 3.17. The quantitative estimate of drug-likeness (QED) is 0.819. The summed E-state index contributed by atoms with van der Waals surface area (Å²) in [5.74, 6) is 0.692. The number of rotatable bonds is 6. The number of amides is 3. The Labute approximate surface area is 166 Å². The highest BCUT2D eigenvalue weighted by atomic mass is 16.5. The first kappa shape index (κ1) is 19.7. The van der Waals surface area contributed by atoms with Gasteiger partial charge in [0, 0.05) is 36.9 Å². The third kappa shape index (κ3) is 4.63. The number of nitrogens with zero attached hydrogens (tertiary/aromatic N) is 2. The monoisotopic (exact) mass is 381 g/mol. The van der Waals surface area contributed by atoms with E-state index in [4.69, 9.17) is 4.74 Å². The zero-order valence-electron chi connectivity index (χ0n) is 16.6. The van der Waals surface area contributed by atoms with E-state index in [1.807, 2.05) is 67.3 Å². The molecule has 1 aliphatic heterocycles. The maximum atomic E-state index is 13.0. The number of nitrogens with one attached hydrogen (secondary N) is 1. The zero-order valence-corrected chi connectivity index (χ0v) is 16.6. The minimum Gasteiger partial charge on any atom is -0.497 e. The van der Waals surface area contributed by atoms with Gasteiger partial charge >= 0.3 is 6.03 Å². The van der Waals surface area contributed by atoms with Crippen LogP contribution in [-0.4, -0.2) is 37.0 Å². The Kier molecular flexibility index (Phi) is 6.19. The highest BCUT2D eigenvalue weighted by Gasteiger charge is 2.26. The largest absolute Gasteiger partial charge is 0.497 e. The Morgan fingerprint density at radius 3 is 2.57 bits per heavy atom. The van der Waals surface area contributed by atoms with Crippen LogP contribution in [0.3, 0.4) is 0 Å². The molecule has 0 bridgehead atoms. The molecule has 1 N–H and O–H groups in total. The van der Waals surface area contributed by atoms with Crippen LogP contribution in [-0.2, 0) is 11.3 Å². The van der Waals surface area contributed by atoms with Crippen LogP contribution in [0.1, 0.15) is 25.8 Å². The van der Waals surface area contributed by atoms with Gasteiger partial charge in [-0.1, -0.05) is 26.0 Å². The molecule has 0 saturated carbocycles. The lowest BCUT2D eigenvalue weighted by Gasteiger charge is -2.35. The summed E-state index contributed by atoms with van der Waals surface area (Å²) in [7, 11) is 1.64. The predicted octanol–water partition coefficient (Wildman–Crippen LogP) is 4.12. The van der Waals surface area contributed by atoms with Crippen LogP contribution >= 0.6 is 0 Å². The molecule has 0 unspecified atom stereocenters. The van der Waals surface area contributed by atoms with Crippen molar-refractivity contribution in [2.24, 2.45) is 5.92 Å². The average Bonchev–Trinajstić information content (AvgIpc) is 2.70. The summed E-state index contributed by atoms with van der Waals surface area (Å²) in [5.41, 5.74) is 2.62. The van der Waals surface area contributed by atoms with Crippen LogP contribution < -0.4 is 15.0 Å². The third-order valence-corrected chi connectivity index (χ3v) is 4.79. The molecule has 1 aliphatic rings. The Morgan fingerprint density at radius 1 is 1.14 bits per heavy atom. The van der Waals surface area contributed by atoms with Gasteiger partial charge in [-0.2, -0.15) is 0 Å². The average molecular weight is 381 g/mol. The van der Waals surface area contributed by atoms with Crippen molar-refractivity contribution < 1.29 is 14.3 Å².